The largest absolute Gasteiger partial charge is 0.338 e. The van der Waals surface area contributed by atoms with Crippen molar-refractivity contribution in [2.75, 3.05) is 33.2 Å². The van der Waals surface area contributed by atoms with Gasteiger partial charge in [-0.05, 0) is 93.7 Å². The molecule has 2 amide bonds. The van der Waals surface area contributed by atoms with Crippen molar-refractivity contribution in [3.05, 3.63) is 80.3 Å². The highest BCUT2D eigenvalue weighted by Crippen LogP contribution is 2.56. The zero-order valence-corrected chi connectivity index (χ0v) is 28.6. The van der Waals surface area contributed by atoms with Gasteiger partial charge in [0.05, 0.1) is 6.04 Å². The van der Waals surface area contributed by atoms with Crippen molar-refractivity contribution in [3.8, 4) is 0 Å². The minimum Gasteiger partial charge on any atom is -0.338 e. The summed E-state index contributed by atoms with van der Waals surface area (Å²) >= 11 is 14.0. The molecule has 44 heavy (non-hydrogen) atoms. The molecule has 10 heteroatoms. The molecule has 2 atom stereocenters. The van der Waals surface area contributed by atoms with E-state index in [1.165, 1.54) is 11.8 Å². The van der Waals surface area contributed by atoms with Gasteiger partial charge in [-0.25, -0.2) is 4.99 Å². The van der Waals surface area contributed by atoms with Crippen molar-refractivity contribution in [1.29, 1.82) is 0 Å². The fourth-order valence-electron chi connectivity index (χ4n) is 6.89. The van der Waals surface area contributed by atoms with Crippen molar-refractivity contribution < 1.29 is 9.59 Å². The Morgan fingerprint density at radius 3 is 2.18 bits per heavy atom. The fraction of sp³-hybridized carbons (Fsp3) is 0.500. The average molecular weight is 655 g/mol. The van der Waals surface area contributed by atoms with E-state index in [9.17, 15) is 9.59 Å². The number of nitrogens with zero attached hydrogens (tertiary/aromatic N) is 5. The first-order valence-corrected chi connectivity index (χ1v) is 17.0. The second kappa shape index (κ2) is 11.7. The third-order valence-electron chi connectivity index (χ3n) is 9.74. The van der Waals surface area contributed by atoms with Crippen molar-refractivity contribution in [2.24, 2.45) is 10.9 Å². The lowest BCUT2D eigenvalue weighted by molar-refractivity contribution is -0.141. The minimum atomic E-state index is -0.636. The van der Waals surface area contributed by atoms with Crippen LogP contribution in [0.4, 0.5) is 0 Å². The van der Waals surface area contributed by atoms with E-state index < -0.39 is 5.54 Å². The van der Waals surface area contributed by atoms with Crippen LogP contribution < -0.4 is 0 Å². The van der Waals surface area contributed by atoms with Gasteiger partial charge in [0.15, 0.2) is 5.17 Å². The highest BCUT2D eigenvalue weighted by molar-refractivity contribution is 8.18. The smallest absolute Gasteiger partial charge is 0.263 e. The number of thioether (sulfide) groups is 1. The van der Waals surface area contributed by atoms with Crippen LogP contribution >= 0.6 is 35.0 Å². The first kappa shape index (κ1) is 31.5. The molecule has 6 rings (SSSR count). The summed E-state index contributed by atoms with van der Waals surface area (Å²) in [5, 5.41) is 2.13. The molecule has 4 aliphatic rings. The average Bonchev–Trinajstić information content (AvgIpc) is 3.57. The zero-order valence-electron chi connectivity index (χ0n) is 26.3. The molecule has 2 fully saturated rings. The van der Waals surface area contributed by atoms with Crippen LogP contribution in [0.3, 0.4) is 0 Å². The number of amides is 2. The van der Waals surface area contributed by atoms with Crippen LogP contribution in [0.25, 0.3) is 0 Å². The van der Waals surface area contributed by atoms with Crippen molar-refractivity contribution in [3.63, 3.8) is 0 Å². The number of piperazine rings is 1. The topological polar surface area (TPSA) is 59.5 Å². The monoisotopic (exact) mass is 653 g/mol. The van der Waals surface area contributed by atoms with Gasteiger partial charge in [-0.3, -0.25) is 14.5 Å². The number of amidine groups is 1. The van der Waals surface area contributed by atoms with E-state index in [1.807, 2.05) is 67.3 Å². The van der Waals surface area contributed by atoms with E-state index in [0.717, 1.165) is 47.9 Å². The number of carbonyl (C=O) groups excluding carboxylic acids is 2. The predicted octanol–water partition coefficient (Wildman–Crippen LogP) is 6.78. The minimum absolute atomic E-state index is 0.0216. The molecule has 1 saturated heterocycles. The molecular weight excluding hydrogens is 613 g/mol. The van der Waals surface area contributed by atoms with E-state index in [-0.39, 0.29) is 41.9 Å². The molecular formula is C34H41Cl2N5O2S. The molecule has 3 heterocycles. The van der Waals surface area contributed by atoms with Crippen molar-refractivity contribution >= 4 is 51.9 Å². The molecule has 2 aromatic carbocycles. The molecule has 1 spiro atoms. The third-order valence-corrected chi connectivity index (χ3v) is 11.3. The Morgan fingerprint density at radius 1 is 1.00 bits per heavy atom. The van der Waals surface area contributed by atoms with Crippen LogP contribution in [-0.4, -0.2) is 81.4 Å². The first-order valence-electron chi connectivity index (χ1n) is 15.5. The number of benzene rings is 2. The Balaban J connectivity index is 1.35. The maximum Gasteiger partial charge on any atom is 0.263 e. The lowest BCUT2D eigenvalue weighted by Crippen LogP contribution is -2.57. The Labute approximate surface area is 275 Å². The number of halogens is 2. The quantitative estimate of drug-likeness (QED) is 0.330. The first-order chi connectivity index (χ1) is 20.8. The summed E-state index contributed by atoms with van der Waals surface area (Å²) in [6.45, 7) is 12.7. The molecule has 1 saturated carbocycles. The Morgan fingerprint density at radius 2 is 1.61 bits per heavy atom. The van der Waals surface area contributed by atoms with Gasteiger partial charge in [-0.15, -0.1) is 0 Å². The number of aliphatic imine (C=N–C) groups is 1. The van der Waals surface area contributed by atoms with E-state index in [0.29, 0.717) is 21.5 Å². The van der Waals surface area contributed by atoms with Gasteiger partial charge < -0.3 is 14.7 Å². The molecule has 7 nitrogen and oxygen atoms in total. The van der Waals surface area contributed by atoms with E-state index >= 15 is 0 Å². The van der Waals surface area contributed by atoms with Gasteiger partial charge in [0.2, 0.25) is 5.91 Å². The van der Waals surface area contributed by atoms with Crippen LogP contribution in [0.1, 0.15) is 64.6 Å². The van der Waals surface area contributed by atoms with Crippen LogP contribution in [-0.2, 0) is 15.1 Å². The second-order valence-corrected chi connectivity index (χ2v) is 15.2. The van der Waals surface area contributed by atoms with Crippen LogP contribution in [0.5, 0.6) is 0 Å². The lowest BCUT2D eigenvalue weighted by Gasteiger charge is -2.41. The van der Waals surface area contributed by atoms with Crippen molar-refractivity contribution in [2.45, 2.75) is 70.6 Å². The number of likely N-dealkylation sites (N-methyl/N-ethyl adjacent to an activating group) is 1. The summed E-state index contributed by atoms with van der Waals surface area (Å²) < 4.78 is 0. The van der Waals surface area contributed by atoms with Gasteiger partial charge in [0, 0.05) is 47.0 Å². The highest BCUT2D eigenvalue weighted by Gasteiger charge is 2.54. The number of fused-ring (bicyclic) bond motifs is 1. The van der Waals surface area contributed by atoms with Gasteiger partial charge in [0.1, 0.15) is 17.0 Å². The summed E-state index contributed by atoms with van der Waals surface area (Å²) in [5.41, 5.74) is 2.52. The molecule has 1 aliphatic carbocycles. The molecule has 0 N–H and O–H groups in total. The maximum absolute atomic E-state index is 14.5. The SMILES string of the molecule is CC(C)C1=C(C(=O)N(CC(=O)N2CCN(C)C3(CC3)C2)C(C)C)SC2=N[C@@](C)(c3ccc(Cl)cc3)[C@@H](c3ccc(Cl)cc3)N21. The molecule has 2 aromatic rings. The number of allylic oxidation sites excluding steroid dienone is 1. The lowest BCUT2D eigenvalue weighted by atomic mass is 9.81. The standard InChI is InChI=1S/C34H41Cl2N5O2S/c1-21(2)28-29(31(43)40(22(3)4)19-27(42)39-18-17-38(6)34(20-39)15-16-34)44-32-37-33(5,24-9-13-26(36)14-10-24)30(41(28)32)23-7-11-25(35)12-8-23/h7-14,21-22,30H,15-20H2,1-6H3/t30-,33+/m1/s1. The number of hydrogen-bond donors (Lipinski definition) is 0. The summed E-state index contributed by atoms with van der Waals surface area (Å²) in [6.07, 6.45) is 2.26. The molecule has 0 bridgehead atoms. The summed E-state index contributed by atoms with van der Waals surface area (Å²) in [4.78, 5) is 42.4. The molecule has 234 valence electrons. The van der Waals surface area contributed by atoms with E-state index in [1.54, 1.807) is 4.90 Å². The molecule has 3 aliphatic heterocycles. The summed E-state index contributed by atoms with van der Waals surface area (Å²) in [6, 6.07) is 15.4. The molecule has 0 radical (unpaired) electrons. The van der Waals surface area contributed by atoms with Crippen LogP contribution in [0, 0.1) is 5.92 Å². The Bertz CT molecular complexity index is 1520. The predicted molar refractivity (Wildman–Crippen MR) is 180 cm³/mol. The Kier molecular flexibility index (Phi) is 8.36. The maximum atomic E-state index is 14.5. The zero-order chi connectivity index (χ0) is 31.6. The van der Waals surface area contributed by atoms with Gasteiger partial charge >= 0.3 is 0 Å². The molecule has 0 unspecified atom stereocenters. The highest BCUT2D eigenvalue weighted by atomic mass is 35.5. The van der Waals surface area contributed by atoms with Crippen LogP contribution in [0.2, 0.25) is 10.0 Å². The fourth-order valence-corrected chi connectivity index (χ4v) is 8.50. The van der Waals surface area contributed by atoms with Gasteiger partial charge in [0.25, 0.3) is 5.91 Å². The van der Waals surface area contributed by atoms with E-state index in [4.69, 9.17) is 28.2 Å². The third kappa shape index (κ3) is 5.46. The van der Waals surface area contributed by atoms with Gasteiger partial charge in [-0.2, -0.15) is 0 Å². The number of rotatable bonds is 7. The summed E-state index contributed by atoms with van der Waals surface area (Å²) in [7, 11) is 2.15. The number of carbonyl (C=O) groups is 2. The van der Waals surface area contributed by atoms with Gasteiger partial charge in [-0.1, -0.05) is 61.3 Å². The second-order valence-electron chi connectivity index (χ2n) is 13.3. The summed E-state index contributed by atoms with van der Waals surface area (Å²) in [5.74, 6) is -0.0561. The van der Waals surface area contributed by atoms with Crippen molar-refractivity contribution in [1.82, 2.24) is 19.6 Å². The molecule has 0 aromatic heterocycles. The van der Waals surface area contributed by atoms with Crippen LogP contribution in [0.15, 0.2) is 64.1 Å². The van der Waals surface area contributed by atoms with E-state index in [2.05, 4.69) is 37.6 Å². The normalized spacial score (nSPS) is 24.4. The Hall–Kier alpha value is -2.52. The number of hydrogen-bond acceptors (Lipinski definition) is 6.